The van der Waals surface area contributed by atoms with Crippen molar-refractivity contribution in [2.75, 3.05) is 13.1 Å². The van der Waals surface area contributed by atoms with Crippen LogP contribution in [0.3, 0.4) is 0 Å². The lowest BCUT2D eigenvalue weighted by atomic mass is 10.3. The molecule has 0 fully saturated rings. The van der Waals surface area contributed by atoms with E-state index in [0.717, 1.165) is 25.9 Å². The van der Waals surface area contributed by atoms with Crippen LogP contribution in [0.2, 0.25) is 0 Å². The van der Waals surface area contributed by atoms with Gasteiger partial charge in [0.2, 0.25) is 0 Å². The Morgan fingerprint density at radius 1 is 0.769 bits per heavy atom. The molecule has 13 heavy (non-hydrogen) atoms. The van der Waals surface area contributed by atoms with E-state index in [9.17, 15) is 0 Å². The number of nitrogens with zero attached hydrogens (tertiary/aromatic N) is 2. The Bertz CT molecular complexity index is 164. The van der Waals surface area contributed by atoms with Crippen molar-refractivity contribution in [1.82, 2.24) is 0 Å². The molecule has 0 bridgehead atoms. The molecule has 2 nitrogen and oxygen atoms in total. The van der Waals surface area contributed by atoms with Crippen LogP contribution in [0.1, 0.15) is 20.3 Å². The number of rotatable bonds is 0. The first-order chi connectivity index (χ1) is 6.00. The van der Waals surface area contributed by atoms with Gasteiger partial charge < -0.3 is 0 Å². The second-order valence-corrected chi connectivity index (χ2v) is 2.54. The van der Waals surface area contributed by atoms with Crippen molar-refractivity contribution >= 4 is 12.4 Å². The van der Waals surface area contributed by atoms with Gasteiger partial charge in [-0.25, -0.2) is 0 Å². The Labute approximate surface area is 80.8 Å². The first-order valence-electron chi connectivity index (χ1n) is 4.30. The first kappa shape index (κ1) is 11.8. The molecule has 72 valence electrons. The van der Waals surface area contributed by atoms with Crippen molar-refractivity contribution in [1.29, 1.82) is 0 Å². The van der Waals surface area contributed by atoms with Gasteiger partial charge >= 0.3 is 0 Å². The van der Waals surface area contributed by atoms with E-state index in [1.54, 1.807) is 0 Å². The number of allylic oxidation sites excluding steroid dienone is 2. The van der Waals surface area contributed by atoms with Crippen molar-refractivity contribution in [3.05, 3.63) is 24.3 Å². The maximum Gasteiger partial charge on any atom is 0.0423 e. The van der Waals surface area contributed by atoms with Crippen LogP contribution < -0.4 is 0 Å². The van der Waals surface area contributed by atoms with Crippen LogP contribution in [0.25, 0.3) is 0 Å². The average Bonchev–Trinajstić information content (AvgIpc) is 2.24. The highest BCUT2D eigenvalue weighted by molar-refractivity contribution is 5.71. The van der Waals surface area contributed by atoms with Crippen molar-refractivity contribution in [3.63, 3.8) is 0 Å². The van der Waals surface area contributed by atoms with E-state index >= 15 is 0 Å². The predicted molar refractivity (Wildman–Crippen MR) is 61.0 cm³/mol. The fourth-order valence-electron chi connectivity index (χ4n) is 0.883. The van der Waals surface area contributed by atoms with Gasteiger partial charge in [-0.15, -0.1) is 0 Å². The van der Waals surface area contributed by atoms with Gasteiger partial charge in [0, 0.05) is 25.5 Å². The molecule has 0 atom stereocenters. The third-order valence-corrected chi connectivity index (χ3v) is 1.50. The fraction of sp³-hybridized carbons (Fsp3) is 0.455. The summed E-state index contributed by atoms with van der Waals surface area (Å²) in [7, 11) is 0. The summed E-state index contributed by atoms with van der Waals surface area (Å²) in [6, 6.07) is 0. The summed E-state index contributed by atoms with van der Waals surface area (Å²) >= 11 is 0. The molecule has 0 amide bonds. The van der Waals surface area contributed by atoms with Crippen LogP contribution in [-0.4, -0.2) is 25.5 Å². The van der Waals surface area contributed by atoms with Crippen LogP contribution in [0, 0.1) is 0 Å². The lowest BCUT2D eigenvalue weighted by Crippen LogP contribution is -1.81. The highest BCUT2D eigenvalue weighted by Gasteiger charge is 1.78. The molecule has 0 unspecified atom stereocenters. The van der Waals surface area contributed by atoms with Crippen molar-refractivity contribution in [2.45, 2.75) is 20.3 Å². The molecule has 0 aliphatic carbocycles. The van der Waals surface area contributed by atoms with E-state index in [0.29, 0.717) is 0 Å². The molecule has 0 aromatic rings. The van der Waals surface area contributed by atoms with Crippen LogP contribution in [0.15, 0.2) is 34.3 Å². The van der Waals surface area contributed by atoms with E-state index in [4.69, 9.17) is 0 Å². The first-order valence-corrected chi connectivity index (χ1v) is 4.30. The van der Waals surface area contributed by atoms with Gasteiger partial charge in [-0.3, -0.25) is 9.98 Å². The Morgan fingerprint density at radius 2 is 1.23 bits per heavy atom. The number of aliphatic imine (C=N–C) groups is 2. The number of dihydropyridines is 2. The van der Waals surface area contributed by atoms with E-state index < -0.39 is 0 Å². The topological polar surface area (TPSA) is 24.7 Å². The third kappa shape index (κ3) is 7.19. The van der Waals surface area contributed by atoms with Gasteiger partial charge in [0.25, 0.3) is 0 Å². The highest BCUT2D eigenvalue weighted by Crippen LogP contribution is 1.87. The van der Waals surface area contributed by atoms with Gasteiger partial charge in [0.1, 0.15) is 0 Å². The standard InChI is InChI=1S/2C5H7N.CH4/c2*1-2-4-6-5-3-1;/h2*1-2,4H,3,5H2;1H4. The molecule has 2 aliphatic heterocycles. The Kier molecular flexibility index (Phi) is 8.10. The van der Waals surface area contributed by atoms with Crippen LogP contribution >= 0.6 is 0 Å². The third-order valence-electron chi connectivity index (χ3n) is 1.50. The van der Waals surface area contributed by atoms with Gasteiger partial charge in [-0.05, 0) is 25.0 Å². The van der Waals surface area contributed by atoms with E-state index in [-0.39, 0.29) is 7.43 Å². The molecule has 2 heteroatoms. The molecule has 0 spiro atoms. The van der Waals surface area contributed by atoms with Gasteiger partial charge in [-0.2, -0.15) is 0 Å². The maximum atomic E-state index is 3.97. The smallest absolute Gasteiger partial charge is 0.0423 e. The molecule has 0 saturated carbocycles. The second-order valence-electron chi connectivity index (χ2n) is 2.54. The minimum Gasteiger partial charge on any atom is -0.293 e. The summed E-state index contributed by atoms with van der Waals surface area (Å²) in [6.07, 6.45) is 14.1. The second kappa shape index (κ2) is 8.91. The summed E-state index contributed by atoms with van der Waals surface area (Å²) in [6.45, 7) is 1.97. The minimum atomic E-state index is 0. The SMILES string of the molecule is C.C1=CCCN=C1.C1=CCCN=C1. The molecule has 2 aliphatic rings. The molecule has 0 aromatic carbocycles. The normalized spacial score (nSPS) is 17.2. The summed E-state index contributed by atoms with van der Waals surface area (Å²) in [5, 5.41) is 0. The van der Waals surface area contributed by atoms with E-state index in [2.05, 4.69) is 22.1 Å². The lowest BCUT2D eigenvalue weighted by molar-refractivity contribution is 1.00. The van der Waals surface area contributed by atoms with Crippen LogP contribution in [0.5, 0.6) is 0 Å². The van der Waals surface area contributed by atoms with Crippen molar-refractivity contribution in [3.8, 4) is 0 Å². The zero-order valence-corrected chi connectivity index (χ0v) is 7.19. The zero-order valence-electron chi connectivity index (χ0n) is 7.19. The van der Waals surface area contributed by atoms with Crippen molar-refractivity contribution in [2.24, 2.45) is 9.98 Å². The number of hydrogen-bond acceptors (Lipinski definition) is 2. The van der Waals surface area contributed by atoms with Gasteiger partial charge in [-0.1, -0.05) is 19.6 Å². The van der Waals surface area contributed by atoms with Gasteiger partial charge in [0.05, 0.1) is 0 Å². The summed E-state index contributed by atoms with van der Waals surface area (Å²) < 4.78 is 0. The highest BCUT2D eigenvalue weighted by atomic mass is 14.7. The molecular formula is C11H18N2. The molecular weight excluding hydrogens is 160 g/mol. The largest absolute Gasteiger partial charge is 0.293 e. The molecule has 2 rings (SSSR count). The quantitative estimate of drug-likeness (QED) is 0.545. The molecule has 0 saturated heterocycles. The van der Waals surface area contributed by atoms with E-state index in [1.165, 1.54) is 0 Å². The van der Waals surface area contributed by atoms with Gasteiger partial charge in [0.15, 0.2) is 0 Å². The summed E-state index contributed by atoms with van der Waals surface area (Å²) in [4.78, 5) is 7.93. The average molecular weight is 178 g/mol. The molecule has 0 radical (unpaired) electrons. The fourth-order valence-corrected chi connectivity index (χ4v) is 0.883. The van der Waals surface area contributed by atoms with E-state index in [1.807, 2.05) is 24.6 Å². The zero-order chi connectivity index (χ0) is 8.49. The Morgan fingerprint density at radius 3 is 1.31 bits per heavy atom. The molecule has 0 aromatic heterocycles. The molecule has 2 heterocycles. The maximum absolute atomic E-state index is 3.97. The van der Waals surface area contributed by atoms with Crippen molar-refractivity contribution < 1.29 is 0 Å². The predicted octanol–water partition coefficient (Wildman–Crippen LogP) is 2.67. The molecule has 0 N–H and O–H groups in total. The lowest BCUT2D eigenvalue weighted by Gasteiger charge is -1.88. The minimum absolute atomic E-state index is 0. The monoisotopic (exact) mass is 178 g/mol. The number of hydrogen-bond donors (Lipinski definition) is 0. The van der Waals surface area contributed by atoms with Crippen LogP contribution in [0.4, 0.5) is 0 Å². The Hall–Kier alpha value is -1.18. The summed E-state index contributed by atoms with van der Waals surface area (Å²) in [5.41, 5.74) is 0. The Balaban J connectivity index is 0.000000206. The summed E-state index contributed by atoms with van der Waals surface area (Å²) in [5.74, 6) is 0. The van der Waals surface area contributed by atoms with Crippen LogP contribution in [-0.2, 0) is 0 Å².